The third-order valence-electron chi connectivity index (χ3n) is 3.90. The predicted octanol–water partition coefficient (Wildman–Crippen LogP) is 3.12. The minimum absolute atomic E-state index is 0.176. The van der Waals surface area contributed by atoms with Crippen LogP contribution in [0.2, 0.25) is 0 Å². The van der Waals surface area contributed by atoms with Crippen LogP contribution >= 0.6 is 11.3 Å². The van der Waals surface area contributed by atoms with Gasteiger partial charge in [0.15, 0.2) is 4.80 Å². The van der Waals surface area contributed by atoms with Gasteiger partial charge in [-0.3, -0.25) is 4.99 Å². The van der Waals surface area contributed by atoms with Crippen LogP contribution in [0.1, 0.15) is 40.0 Å². The molecule has 0 unspecified atom stereocenters. The summed E-state index contributed by atoms with van der Waals surface area (Å²) in [4.78, 5) is 19.2. The van der Waals surface area contributed by atoms with Gasteiger partial charge in [-0.25, -0.2) is 4.79 Å². The van der Waals surface area contributed by atoms with Crippen LogP contribution < -0.4 is 4.80 Å². The molecule has 22 heavy (non-hydrogen) atoms. The highest BCUT2D eigenvalue weighted by Gasteiger charge is 2.26. The molecule has 1 aliphatic rings. The van der Waals surface area contributed by atoms with Gasteiger partial charge in [0.25, 0.3) is 0 Å². The minimum Gasteiger partial charge on any atom is -0.444 e. The molecule has 1 aromatic heterocycles. The Balaban J connectivity index is 1.77. The van der Waals surface area contributed by atoms with E-state index in [4.69, 9.17) is 4.74 Å². The van der Waals surface area contributed by atoms with E-state index in [1.807, 2.05) is 32.7 Å². The molecule has 0 N–H and O–H groups in total. The van der Waals surface area contributed by atoms with Gasteiger partial charge in [-0.05, 0) is 46.0 Å². The Kier molecular flexibility index (Phi) is 5.67. The summed E-state index contributed by atoms with van der Waals surface area (Å²) < 4.78 is 7.65. The Morgan fingerprint density at radius 3 is 2.68 bits per heavy atom. The standard InChI is InChI=1S/C16H27N3O2S/c1-16(2,3)21-15(20)19-9-6-13(7-10-19)5-8-18-11-12-22-14(18)17-4/h11-13H,5-10H2,1-4H3. The largest absolute Gasteiger partial charge is 0.444 e. The van der Waals surface area contributed by atoms with Crippen LogP contribution in [0.4, 0.5) is 4.79 Å². The molecule has 1 aromatic rings. The molecule has 2 rings (SSSR count). The first-order valence-electron chi connectivity index (χ1n) is 7.94. The number of thiazole rings is 1. The van der Waals surface area contributed by atoms with Crippen LogP contribution in [-0.4, -0.2) is 41.3 Å². The zero-order chi connectivity index (χ0) is 16.2. The molecule has 5 nitrogen and oxygen atoms in total. The first-order chi connectivity index (χ1) is 10.4. The number of carbonyl (C=O) groups excluding carboxylic acids is 1. The average molecular weight is 325 g/mol. The summed E-state index contributed by atoms with van der Waals surface area (Å²) in [7, 11) is 1.83. The molecule has 124 valence electrons. The fraction of sp³-hybridized carbons (Fsp3) is 0.750. The number of amides is 1. The van der Waals surface area contributed by atoms with Gasteiger partial charge in [-0.15, -0.1) is 11.3 Å². The van der Waals surface area contributed by atoms with E-state index in [0.29, 0.717) is 5.92 Å². The number of ether oxygens (including phenoxy) is 1. The number of aryl methyl sites for hydroxylation is 1. The van der Waals surface area contributed by atoms with E-state index in [-0.39, 0.29) is 6.09 Å². The van der Waals surface area contributed by atoms with Crippen molar-refractivity contribution >= 4 is 17.4 Å². The quantitative estimate of drug-likeness (QED) is 0.857. The van der Waals surface area contributed by atoms with Crippen LogP contribution in [0, 0.1) is 5.92 Å². The lowest BCUT2D eigenvalue weighted by Gasteiger charge is -2.33. The molecule has 1 aliphatic heterocycles. The Morgan fingerprint density at radius 1 is 1.41 bits per heavy atom. The van der Waals surface area contributed by atoms with E-state index < -0.39 is 5.60 Å². The first-order valence-corrected chi connectivity index (χ1v) is 8.81. The average Bonchev–Trinajstić information content (AvgIpc) is 2.91. The van der Waals surface area contributed by atoms with Gasteiger partial charge in [0.05, 0.1) is 0 Å². The first kappa shape index (κ1) is 17.1. The molecular formula is C16H27N3O2S. The maximum Gasteiger partial charge on any atom is 0.410 e. The van der Waals surface area contributed by atoms with Gasteiger partial charge in [0.2, 0.25) is 0 Å². The van der Waals surface area contributed by atoms with Gasteiger partial charge < -0.3 is 14.2 Å². The van der Waals surface area contributed by atoms with E-state index in [1.165, 1.54) is 0 Å². The van der Waals surface area contributed by atoms with E-state index in [1.54, 1.807) is 11.3 Å². The summed E-state index contributed by atoms with van der Waals surface area (Å²) in [6.45, 7) is 8.34. The van der Waals surface area contributed by atoms with Crippen molar-refractivity contribution in [2.75, 3.05) is 20.1 Å². The van der Waals surface area contributed by atoms with E-state index in [9.17, 15) is 4.79 Å². The van der Waals surface area contributed by atoms with Gasteiger partial charge in [0.1, 0.15) is 5.60 Å². The monoisotopic (exact) mass is 325 g/mol. The van der Waals surface area contributed by atoms with Crippen LogP contribution in [0.5, 0.6) is 0 Å². The number of rotatable bonds is 3. The minimum atomic E-state index is -0.413. The molecule has 1 amide bonds. The number of aromatic nitrogens is 1. The lowest BCUT2D eigenvalue weighted by atomic mass is 9.94. The Morgan fingerprint density at radius 2 is 2.09 bits per heavy atom. The molecule has 0 saturated carbocycles. The second-order valence-electron chi connectivity index (χ2n) is 6.80. The molecule has 0 radical (unpaired) electrons. The molecule has 2 heterocycles. The van der Waals surface area contributed by atoms with Crippen molar-refractivity contribution in [1.82, 2.24) is 9.47 Å². The van der Waals surface area contributed by atoms with E-state index in [0.717, 1.165) is 43.7 Å². The molecule has 0 bridgehead atoms. The van der Waals surface area contributed by atoms with Crippen molar-refractivity contribution < 1.29 is 9.53 Å². The van der Waals surface area contributed by atoms with Crippen LogP contribution in [0.25, 0.3) is 0 Å². The second kappa shape index (κ2) is 7.31. The molecule has 0 aromatic carbocycles. The Hall–Kier alpha value is -1.30. The van der Waals surface area contributed by atoms with Crippen LogP contribution in [0.15, 0.2) is 16.6 Å². The van der Waals surface area contributed by atoms with Crippen LogP contribution in [0.3, 0.4) is 0 Å². The van der Waals surface area contributed by atoms with Crippen molar-refractivity contribution in [3.05, 3.63) is 16.4 Å². The summed E-state index contributed by atoms with van der Waals surface area (Å²) in [6, 6.07) is 0. The number of hydrogen-bond donors (Lipinski definition) is 0. The van der Waals surface area contributed by atoms with Crippen molar-refractivity contribution in [2.45, 2.75) is 52.2 Å². The highest BCUT2D eigenvalue weighted by atomic mass is 32.1. The van der Waals surface area contributed by atoms with Crippen molar-refractivity contribution in [3.63, 3.8) is 0 Å². The molecular weight excluding hydrogens is 298 g/mol. The predicted molar refractivity (Wildman–Crippen MR) is 88.9 cm³/mol. The maximum atomic E-state index is 12.0. The fourth-order valence-electron chi connectivity index (χ4n) is 2.70. The Bertz CT molecular complexity index is 548. The highest BCUT2D eigenvalue weighted by molar-refractivity contribution is 7.07. The lowest BCUT2D eigenvalue weighted by Crippen LogP contribution is -2.41. The lowest BCUT2D eigenvalue weighted by molar-refractivity contribution is 0.0180. The summed E-state index contributed by atoms with van der Waals surface area (Å²) in [5, 5.41) is 2.08. The molecule has 1 fully saturated rings. The van der Waals surface area contributed by atoms with Gasteiger partial charge in [0, 0.05) is 38.3 Å². The summed E-state index contributed by atoms with van der Waals surface area (Å²) in [5.41, 5.74) is -0.413. The second-order valence-corrected chi connectivity index (χ2v) is 7.68. The number of piperidine rings is 1. The molecule has 0 spiro atoms. The Labute approximate surface area is 136 Å². The molecule has 0 atom stereocenters. The number of likely N-dealkylation sites (tertiary alicyclic amines) is 1. The molecule has 6 heteroatoms. The highest BCUT2D eigenvalue weighted by Crippen LogP contribution is 2.22. The number of nitrogens with zero attached hydrogens (tertiary/aromatic N) is 3. The summed E-state index contributed by atoms with van der Waals surface area (Å²) >= 11 is 1.67. The third-order valence-corrected chi connectivity index (χ3v) is 4.78. The molecule has 0 aliphatic carbocycles. The maximum absolute atomic E-state index is 12.0. The number of carbonyl (C=O) groups is 1. The summed E-state index contributed by atoms with van der Waals surface area (Å²) in [5.74, 6) is 0.677. The zero-order valence-electron chi connectivity index (χ0n) is 14.0. The van der Waals surface area contributed by atoms with Gasteiger partial charge in [-0.2, -0.15) is 0 Å². The fourth-order valence-corrected chi connectivity index (χ4v) is 3.42. The van der Waals surface area contributed by atoms with Crippen molar-refractivity contribution in [2.24, 2.45) is 10.9 Å². The topological polar surface area (TPSA) is 46.8 Å². The van der Waals surface area contributed by atoms with E-state index >= 15 is 0 Å². The van der Waals surface area contributed by atoms with Crippen molar-refractivity contribution in [1.29, 1.82) is 0 Å². The summed E-state index contributed by atoms with van der Waals surface area (Å²) in [6.07, 6.45) is 5.19. The van der Waals surface area contributed by atoms with Crippen molar-refractivity contribution in [3.8, 4) is 0 Å². The van der Waals surface area contributed by atoms with Gasteiger partial charge >= 0.3 is 6.09 Å². The smallest absolute Gasteiger partial charge is 0.410 e. The third kappa shape index (κ3) is 4.87. The SMILES string of the molecule is CN=c1sccn1CCC1CCN(C(=O)OC(C)(C)C)CC1. The van der Waals surface area contributed by atoms with Crippen LogP contribution in [-0.2, 0) is 11.3 Å². The molecule has 1 saturated heterocycles. The van der Waals surface area contributed by atoms with Gasteiger partial charge in [-0.1, -0.05) is 0 Å². The normalized spacial score (nSPS) is 17.8. The van der Waals surface area contributed by atoms with E-state index in [2.05, 4.69) is 21.1 Å². The number of hydrogen-bond acceptors (Lipinski definition) is 4. The zero-order valence-corrected chi connectivity index (χ0v) is 14.9.